The molecule has 3 fully saturated rings. The fraction of sp³-hybridized carbons (Fsp3) is 0.447. The molecular formula is C47H55N7O12. The lowest BCUT2D eigenvalue weighted by atomic mass is 9.88. The van der Waals surface area contributed by atoms with E-state index in [1.54, 1.807) is 38.1 Å². The maximum Gasteiger partial charge on any atom is 0.290 e. The molecule has 8 rings (SSSR count). The number of imide groups is 2. The molecule has 2 N–H and O–H groups in total. The molecule has 66 heavy (non-hydrogen) atoms. The number of pyridine rings is 2. The average Bonchev–Trinajstić information content (AvgIpc) is 3.55. The second-order valence-corrected chi connectivity index (χ2v) is 17.0. The number of hydrogen-bond acceptors (Lipinski definition) is 14. The van der Waals surface area contributed by atoms with Gasteiger partial charge in [-0.2, -0.15) is 0 Å². The van der Waals surface area contributed by atoms with Crippen molar-refractivity contribution in [3.8, 4) is 28.4 Å². The number of piperidine rings is 2. The van der Waals surface area contributed by atoms with E-state index in [-0.39, 0.29) is 41.9 Å². The molecule has 4 aromatic rings. The molecule has 2 aromatic heterocycles. The minimum Gasteiger partial charge on any atom is -0.496 e. The van der Waals surface area contributed by atoms with Crippen molar-refractivity contribution in [1.82, 2.24) is 29.6 Å². The first-order chi connectivity index (χ1) is 31.7. The van der Waals surface area contributed by atoms with Gasteiger partial charge in [0, 0.05) is 90.1 Å². The highest BCUT2D eigenvalue weighted by molar-refractivity contribution is 6.23. The molecule has 0 bridgehead atoms. The fourth-order valence-corrected chi connectivity index (χ4v) is 9.09. The van der Waals surface area contributed by atoms with Crippen LogP contribution in [-0.4, -0.2) is 145 Å². The van der Waals surface area contributed by atoms with Crippen molar-refractivity contribution in [3.63, 3.8) is 0 Å². The van der Waals surface area contributed by atoms with Crippen LogP contribution in [0, 0.1) is 0 Å². The summed E-state index contributed by atoms with van der Waals surface area (Å²) in [6, 6.07) is 9.53. The number of rotatable bonds is 13. The maximum absolute atomic E-state index is 13.4. The number of aryl methyl sites for hydroxylation is 1. The quantitative estimate of drug-likeness (QED) is 0.112. The van der Waals surface area contributed by atoms with Gasteiger partial charge in [0.2, 0.25) is 17.7 Å². The Balaban J connectivity index is 0.00000210. The number of unbranched alkanes of at least 4 members (excludes halogenated alkanes) is 1. The number of benzene rings is 2. The lowest BCUT2D eigenvalue weighted by molar-refractivity contribution is -0.159. The van der Waals surface area contributed by atoms with E-state index < -0.39 is 35.3 Å². The van der Waals surface area contributed by atoms with Crippen LogP contribution in [0.5, 0.6) is 17.2 Å². The van der Waals surface area contributed by atoms with E-state index in [0.29, 0.717) is 74.7 Å². The van der Waals surface area contributed by atoms with Crippen molar-refractivity contribution in [2.75, 3.05) is 72.6 Å². The number of carboxylic acid groups (broad SMARTS) is 1. The number of methoxy groups -OCH3 is 2. The maximum atomic E-state index is 13.4. The molecule has 350 valence electrons. The summed E-state index contributed by atoms with van der Waals surface area (Å²) in [5, 5.41) is 10.4. The van der Waals surface area contributed by atoms with Gasteiger partial charge in [-0.05, 0) is 74.1 Å². The number of amides is 5. The first-order valence-corrected chi connectivity index (χ1v) is 21.8. The Morgan fingerprint density at radius 2 is 1.65 bits per heavy atom. The Hall–Kier alpha value is -6.86. The molecule has 4 aliphatic rings. The minimum absolute atomic E-state index is 0.0501. The summed E-state index contributed by atoms with van der Waals surface area (Å²) in [6.07, 6.45) is 6.71. The van der Waals surface area contributed by atoms with Gasteiger partial charge in [-0.25, -0.2) is 4.98 Å². The molecule has 6 heterocycles. The van der Waals surface area contributed by atoms with E-state index in [4.69, 9.17) is 28.8 Å². The smallest absolute Gasteiger partial charge is 0.290 e. The number of fused-ring (bicyclic) bond motifs is 2. The molecule has 4 aliphatic heterocycles. The first-order valence-electron chi connectivity index (χ1n) is 21.8. The molecular weight excluding hydrogens is 855 g/mol. The molecule has 3 saturated heterocycles. The van der Waals surface area contributed by atoms with Crippen molar-refractivity contribution >= 4 is 52.6 Å². The number of morpholine rings is 1. The van der Waals surface area contributed by atoms with Crippen LogP contribution in [0.3, 0.4) is 0 Å². The molecule has 0 radical (unpaired) electrons. The van der Waals surface area contributed by atoms with E-state index >= 15 is 0 Å². The molecule has 19 heteroatoms. The van der Waals surface area contributed by atoms with Gasteiger partial charge >= 0.3 is 0 Å². The zero-order valence-electron chi connectivity index (χ0n) is 37.8. The number of carbonyl (C=O) groups excluding carboxylic acids is 5. The van der Waals surface area contributed by atoms with Crippen molar-refractivity contribution in [2.24, 2.45) is 7.05 Å². The van der Waals surface area contributed by atoms with Crippen LogP contribution in [-0.2, 0) is 37.5 Å². The predicted octanol–water partition coefficient (Wildman–Crippen LogP) is 3.23. The summed E-state index contributed by atoms with van der Waals surface area (Å²) in [7, 11) is 8.86. The second-order valence-electron chi connectivity index (χ2n) is 17.0. The second kappa shape index (κ2) is 20.1. The van der Waals surface area contributed by atoms with E-state index in [1.807, 2.05) is 48.3 Å². The summed E-state index contributed by atoms with van der Waals surface area (Å²) in [6.45, 7) is 3.73. The molecule has 1 unspecified atom stereocenters. The summed E-state index contributed by atoms with van der Waals surface area (Å²) >= 11 is 0. The molecule has 1 spiro atoms. The number of anilines is 1. The van der Waals surface area contributed by atoms with Crippen LogP contribution < -0.4 is 30.0 Å². The summed E-state index contributed by atoms with van der Waals surface area (Å²) < 4.78 is 25.8. The van der Waals surface area contributed by atoms with Gasteiger partial charge in [0.25, 0.3) is 23.8 Å². The van der Waals surface area contributed by atoms with E-state index in [1.165, 1.54) is 12.1 Å². The molecule has 0 saturated carbocycles. The normalized spacial score (nSPS) is 18.1. The highest BCUT2D eigenvalue weighted by atomic mass is 16.5. The van der Waals surface area contributed by atoms with Gasteiger partial charge in [-0.3, -0.25) is 48.7 Å². The summed E-state index contributed by atoms with van der Waals surface area (Å²) in [5.41, 5.74) is 2.43. The number of nitrogens with zero attached hydrogens (tertiary/aromatic N) is 6. The number of ether oxygens (including phenoxy) is 4. The highest BCUT2D eigenvalue weighted by Crippen LogP contribution is 2.40. The van der Waals surface area contributed by atoms with Gasteiger partial charge in [-0.1, -0.05) is 0 Å². The molecule has 19 nitrogen and oxygen atoms in total. The number of nitrogens with one attached hydrogen (secondary N) is 1. The van der Waals surface area contributed by atoms with Crippen molar-refractivity contribution < 1.29 is 52.8 Å². The van der Waals surface area contributed by atoms with Gasteiger partial charge in [0.05, 0.1) is 55.1 Å². The Morgan fingerprint density at radius 1 is 0.955 bits per heavy atom. The van der Waals surface area contributed by atoms with E-state index in [2.05, 4.69) is 15.2 Å². The van der Waals surface area contributed by atoms with Crippen LogP contribution in [0.25, 0.3) is 21.9 Å². The van der Waals surface area contributed by atoms with Crippen molar-refractivity contribution in [2.45, 2.75) is 63.1 Å². The van der Waals surface area contributed by atoms with Gasteiger partial charge < -0.3 is 38.4 Å². The lowest BCUT2D eigenvalue weighted by Gasteiger charge is -2.47. The monoisotopic (exact) mass is 909 g/mol. The van der Waals surface area contributed by atoms with Crippen LogP contribution in [0.15, 0.2) is 53.6 Å². The Morgan fingerprint density at radius 3 is 2.32 bits per heavy atom. The van der Waals surface area contributed by atoms with Crippen LogP contribution in [0.1, 0.15) is 71.2 Å². The van der Waals surface area contributed by atoms with Crippen LogP contribution >= 0.6 is 0 Å². The zero-order valence-corrected chi connectivity index (χ0v) is 37.8. The van der Waals surface area contributed by atoms with E-state index in [0.717, 1.165) is 58.7 Å². The average molecular weight is 910 g/mol. The topological polar surface area (TPSA) is 219 Å². The van der Waals surface area contributed by atoms with Gasteiger partial charge in [0.1, 0.15) is 29.1 Å². The minimum atomic E-state index is -1.03. The number of hydrogen-bond donors (Lipinski definition) is 2. The van der Waals surface area contributed by atoms with Crippen LogP contribution in [0.2, 0.25) is 0 Å². The number of carbonyl (C=O) groups is 6. The van der Waals surface area contributed by atoms with Crippen LogP contribution in [0.4, 0.5) is 5.82 Å². The standard InChI is InChI=1S/C46H53N7O10.CH2O2/c1-49(2)39-23-31-33(24-47-39)43(57)50(3)25-34(31)28-20-37(60-4)35(38(21-28)61-5)26-51-15-13-46(14-16-51)27-52(17-19-63-46)41(55)8-6-7-18-62-29-9-10-30-32(22-29)45(59)53(44(30)58)36-11-12-40(54)48-42(36)56;2-1-3/h9-10,20-25,36H,6-8,11-19,26-27H2,1-5H3,(H,48,54,56);1H,(H,2,3). The Bertz CT molecular complexity index is 2580. The summed E-state index contributed by atoms with van der Waals surface area (Å²) in [4.78, 5) is 96.6. The van der Waals surface area contributed by atoms with Gasteiger partial charge in [-0.15, -0.1) is 0 Å². The lowest BCUT2D eigenvalue weighted by Crippen LogP contribution is -2.57. The van der Waals surface area contributed by atoms with Crippen molar-refractivity contribution in [3.05, 3.63) is 75.8 Å². The Labute approximate surface area is 381 Å². The SMILES string of the molecule is COc1cc(-c2cn(C)c(=O)c3cnc(N(C)C)cc23)cc(OC)c1CN1CCC2(CC1)CN(C(=O)CCCCOc1ccc3c(c1)C(=O)N(C1CCC(=O)NC1=O)C3=O)CCO2.O=CO. The highest BCUT2D eigenvalue weighted by Gasteiger charge is 2.45. The molecule has 1 atom stereocenters. The third-order valence-electron chi connectivity index (χ3n) is 12.6. The molecule has 5 amide bonds. The third-order valence-corrected chi connectivity index (χ3v) is 12.6. The predicted molar refractivity (Wildman–Crippen MR) is 241 cm³/mol. The first kappa shape index (κ1) is 47.1. The molecule has 2 aromatic carbocycles. The number of likely N-dealkylation sites (tertiary alicyclic amines) is 1. The van der Waals surface area contributed by atoms with Crippen molar-refractivity contribution in [1.29, 1.82) is 0 Å². The van der Waals surface area contributed by atoms with Gasteiger partial charge in [0.15, 0.2) is 0 Å². The largest absolute Gasteiger partial charge is 0.496 e. The molecule has 0 aliphatic carbocycles. The third kappa shape index (κ3) is 9.72. The fourth-order valence-electron chi connectivity index (χ4n) is 9.09. The zero-order chi connectivity index (χ0) is 47.3. The summed E-state index contributed by atoms with van der Waals surface area (Å²) in [5.74, 6) is 0.345. The Kier molecular flexibility index (Phi) is 14.4. The number of aromatic nitrogens is 2. The van der Waals surface area contributed by atoms with E-state index in [9.17, 15) is 28.8 Å².